The summed E-state index contributed by atoms with van der Waals surface area (Å²) in [5, 5.41) is 0. The molecule has 0 aliphatic carbocycles. The SMILES string of the molecule is C=C(C)C(=O)CCCN1CSc2ccccc21. The smallest absolute Gasteiger partial charge is 0.158 e. The molecule has 0 bridgehead atoms. The van der Waals surface area contributed by atoms with Crippen molar-refractivity contribution in [3.63, 3.8) is 0 Å². The van der Waals surface area contributed by atoms with E-state index < -0.39 is 0 Å². The number of ketones is 1. The Kier molecular flexibility index (Phi) is 3.89. The largest absolute Gasteiger partial charge is 0.361 e. The van der Waals surface area contributed by atoms with Crippen LogP contribution in [-0.2, 0) is 4.79 Å². The number of carbonyl (C=O) groups excluding carboxylic acids is 1. The van der Waals surface area contributed by atoms with E-state index in [4.69, 9.17) is 0 Å². The van der Waals surface area contributed by atoms with Crippen molar-refractivity contribution in [1.29, 1.82) is 0 Å². The molecule has 0 aromatic heterocycles. The molecule has 1 aromatic rings. The fourth-order valence-corrected chi connectivity index (χ4v) is 2.97. The van der Waals surface area contributed by atoms with Crippen molar-refractivity contribution in [2.45, 2.75) is 24.7 Å². The van der Waals surface area contributed by atoms with Crippen molar-refractivity contribution in [3.8, 4) is 0 Å². The summed E-state index contributed by atoms with van der Waals surface area (Å²) >= 11 is 1.86. The highest BCUT2D eigenvalue weighted by atomic mass is 32.2. The maximum absolute atomic E-state index is 11.4. The van der Waals surface area contributed by atoms with Crippen LogP contribution in [0.3, 0.4) is 0 Å². The second-order valence-corrected chi connectivity index (χ2v) is 5.30. The number of fused-ring (bicyclic) bond motifs is 1. The molecule has 3 heteroatoms. The second kappa shape index (κ2) is 5.41. The molecule has 1 heterocycles. The molecule has 17 heavy (non-hydrogen) atoms. The molecule has 0 saturated heterocycles. The van der Waals surface area contributed by atoms with Crippen LogP contribution in [0.1, 0.15) is 19.8 Å². The lowest BCUT2D eigenvalue weighted by Gasteiger charge is -2.17. The van der Waals surface area contributed by atoms with E-state index in [2.05, 4.69) is 35.7 Å². The third kappa shape index (κ3) is 2.91. The van der Waals surface area contributed by atoms with E-state index in [1.165, 1.54) is 10.6 Å². The van der Waals surface area contributed by atoms with Crippen molar-refractivity contribution in [1.82, 2.24) is 0 Å². The van der Waals surface area contributed by atoms with Gasteiger partial charge in [0.1, 0.15) is 0 Å². The van der Waals surface area contributed by atoms with E-state index in [9.17, 15) is 4.79 Å². The van der Waals surface area contributed by atoms with Crippen LogP contribution < -0.4 is 4.90 Å². The highest BCUT2D eigenvalue weighted by Crippen LogP contribution is 2.37. The summed E-state index contributed by atoms with van der Waals surface area (Å²) in [5.41, 5.74) is 1.97. The Morgan fingerprint density at radius 2 is 2.24 bits per heavy atom. The van der Waals surface area contributed by atoms with Gasteiger partial charge in [-0.2, -0.15) is 0 Å². The lowest BCUT2D eigenvalue weighted by atomic mass is 10.1. The normalized spacial score (nSPS) is 13.6. The zero-order valence-electron chi connectivity index (χ0n) is 10.1. The predicted octanol–water partition coefficient (Wildman–Crippen LogP) is 3.48. The molecule has 1 aliphatic rings. The van der Waals surface area contributed by atoms with E-state index in [0.29, 0.717) is 12.0 Å². The molecule has 2 nitrogen and oxygen atoms in total. The Morgan fingerprint density at radius 1 is 1.47 bits per heavy atom. The number of nitrogens with zero attached hydrogens (tertiary/aromatic N) is 1. The van der Waals surface area contributed by atoms with Crippen LogP contribution in [0.4, 0.5) is 5.69 Å². The number of rotatable bonds is 5. The monoisotopic (exact) mass is 247 g/mol. The van der Waals surface area contributed by atoms with Crippen molar-refractivity contribution >= 4 is 23.2 Å². The van der Waals surface area contributed by atoms with Gasteiger partial charge in [0.05, 0.1) is 11.6 Å². The zero-order chi connectivity index (χ0) is 12.3. The first-order valence-corrected chi connectivity index (χ1v) is 6.82. The molecule has 0 atom stereocenters. The number of para-hydroxylation sites is 1. The Labute approximate surface area is 107 Å². The molecule has 0 fully saturated rings. The number of benzene rings is 1. The first-order valence-electron chi connectivity index (χ1n) is 5.84. The summed E-state index contributed by atoms with van der Waals surface area (Å²) in [5.74, 6) is 1.19. The summed E-state index contributed by atoms with van der Waals surface area (Å²) in [6, 6.07) is 8.44. The number of hydrogen-bond donors (Lipinski definition) is 0. The van der Waals surface area contributed by atoms with Gasteiger partial charge in [0.15, 0.2) is 5.78 Å². The van der Waals surface area contributed by atoms with Crippen LogP contribution in [0.5, 0.6) is 0 Å². The number of anilines is 1. The minimum Gasteiger partial charge on any atom is -0.361 e. The Balaban J connectivity index is 1.86. The third-order valence-electron chi connectivity index (χ3n) is 2.89. The fourth-order valence-electron chi connectivity index (χ4n) is 1.89. The summed E-state index contributed by atoms with van der Waals surface area (Å²) in [6.45, 7) is 6.40. The van der Waals surface area contributed by atoms with Crippen LogP contribution in [0.2, 0.25) is 0 Å². The zero-order valence-corrected chi connectivity index (χ0v) is 10.9. The number of Topliss-reactive ketones (excluding diaryl/α,β-unsaturated/α-hetero) is 1. The van der Waals surface area contributed by atoms with E-state index in [-0.39, 0.29) is 5.78 Å². The van der Waals surface area contributed by atoms with Crippen LogP contribution in [-0.4, -0.2) is 18.2 Å². The van der Waals surface area contributed by atoms with Gasteiger partial charge in [-0.3, -0.25) is 4.79 Å². The van der Waals surface area contributed by atoms with Gasteiger partial charge in [-0.05, 0) is 31.1 Å². The molecular formula is C14H17NOS. The van der Waals surface area contributed by atoms with Gasteiger partial charge >= 0.3 is 0 Å². The first kappa shape index (κ1) is 12.2. The Hall–Kier alpha value is -1.22. The Bertz CT molecular complexity index is 442. The van der Waals surface area contributed by atoms with E-state index in [1.807, 2.05) is 11.8 Å². The molecule has 2 rings (SSSR count). The minimum atomic E-state index is 0.185. The third-order valence-corrected chi connectivity index (χ3v) is 3.99. The summed E-state index contributed by atoms with van der Waals surface area (Å²) < 4.78 is 0. The lowest BCUT2D eigenvalue weighted by Crippen LogP contribution is -2.21. The standard InChI is InChI=1S/C14H17NOS/c1-11(2)13(16)7-5-9-15-10-17-14-8-4-3-6-12(14)15/h3-4,6,8H,1,5,7,9-10H2,2H3. The van der Waals surface area contributed by atoms with E-state index in [1.54, 1.807) is 6.92 Å². The molecule has 1 aliphatic heterocycles. The summed E-state index contributed by atoms with van der Waals surface area (Å²) in [4.78, 5) is 15.1. The molecular weight excluding hydrogens is 230 g/mol. The number of carbonyl (C=O) groups is 1. The first-order chi connectivity index (χ1) is 8.18. The molecule has 0 unspecified atom stereocenters. The number of hydrogen-bond acceptors (Lipinski definition) is 3. The Morgan fingerprint density at radius 3 is 3.00 bits per heavy atom. The van der Waals surface area contributed by atoms with E-state index in [0.717, 1.165) is 18.8 Å². The van der Waals surface area contributed by atoms with Crippen molar-refractivity contribution in [2.75, 3.05) is 17.3 Å². The molecule has 0 N–H and O–H groups in total. The van der Waals surface area contributed by atoms with Gasteiger partial charge in [-0.1, -0.05) is 18.7 Å². The number of thioether (sulfide) groups is 1. The highest BCUT2D eigenvalue weighted by molar-refractivity contribution is 7.99. The van der Waals surface area contributed by atoms with Gasteiger partial charge in [0, 0.05) is 17.9 Å². The van der Waals surface area contributed by atoms with Gasteiger partial charge < -0.3 is 4.90 Å². The maximum atomic E-state index is 11.4. The fraction of sp³-hybridized carbons (Fsp3) is 0.357. The highest BCUT2D eigenvalue weighted by Gasteiger charge is 2.18. The van der Waals surface area contributed by atoms with Crippen molar-refractivity contribution in [2.24, 2.45) is 0 Å². The van der Waals surface area contributed by atoms with Gasteiger partial charge in [-0.15, -0.1) is 11.8 Å². The van der Waals surface area contributed by atoms with E-state index >= 15 is 0 Å². The summed E-state index contributed by atoms with van der Waals surface area (Å²) in [6.07, 6.45) is 1.51. The summed E-state index contributed by atoms with van der Waals surface area (Å²) in [7, 11) is 0. The molecule has 90 valence electrons. The topological polar surface area (TPSA) is 20.3 Å². The molecule has 0 spiro atoms. The van der Waals surface area contributed by atoms with Crippen LogP contribution in [0, 0.1) is 0 Å². The van der Waals surface area contributed by atoms with Crippen molar-refractivity contribution < 1.29 is 4.79 Å². The average Bonchev–Trinajstić information content (AvgIpc) is 2.72. The molecule has 0 radical (unpaired) electrons. The van der Waals surface area contributed by atoms with Crippen LogP contribution >= 0.6 is 11.8 Å². The van der Waals surface area contributed by atoms with Gasteiger partial charge in [0.25, 0.3) is 0 Å². The second-order valence-electron chi connectivity index (χ2n) is 4.31. The molecule has 0 saturated carbocycles. The van der Waals surface area contributed by atoms with Crippen LogP contribution in [0.15, 0.2) is 41.3 Å². The number of allylic oxidation sites excluding steroid dienone is 1. The van der Waals surface area contributed by atoms with Gasteiger partial charge in [-0.25, -0.2) is 0 Å². The predicted molar refractivity (Wildman–Crippen MR) is 73.6 cm³/mol. The molecule has 1 aromatic carbocycles. The lowest BCUT2D eigenvalue weighted by molar-refractivity contribution is -0.115. The maximum Gasteiger partial charge on any atom is 0.158 e. The van der Waals surface area contributed by atoms with Crippen molar-refractivity contribution in [3.05, 3.63) is 36.4 Å². The van der Waals surface area contributed by atoms with Crippen LogP contribution in [0.25, 0.3) is 0 Å². The minimum absolute atomic E-state index is 0.185. The molecule has 0 amide bonds. The van der Waals surface area contributed by atoms with Gasteiger partial charge in [0.2, 0.25) is 0 Å². The average molecular weight is 247 g/mol. The quantitative estimate of drug-likeness (QED) is 0.743.